The maximum absolute atomic E-state index is 15.5. The van der Waals surface area contributed by atoms with Gasteiger partial charge in [-0.2, -0.15) is 0 Å². The van der Waals surface area contributed by atoms with E-state index in [-0.39, 0.29) is 69.4 Å². The number of hydrogen-bond acceptors (Lipinski definition) is 16. The second-order valence-corrected chi connectivity index (χ2v) is 19.4. The number of hydrogen-bond donors (Lipinski definition) is 2. The van der Waals surface area contributed by atoms with Crippen LogP contribution < -0.4 is 23.7 Å². The van der Waals surface area contributed by atoms with Crippen molar-refractivity contribution in [2.75, 3.05) is 33.7 Å². The Hall–Kier alpha value is -8.39. The van der Waals surface area contributed by atoms with Gasteiger partial charge in [-0.1, -0.05) is 36.2 Å². The quantitative estimate of drug-likeness (QED) is 0.0138. The Labute approximate surface area is 450 Å². The van der Waals surface area contributed by atoms with Crippen LogP contribution in [0.15, 0.2) is 139 Å². The Morgan fingerprint density at radius 1 is 0.846 bits per heavy atom. The van der Waals surface area contributed by atoms with Crippen molar-refractivity contribution in [3.05, 3.63) is 182 Å². The summed E-state index contributed by atoms with van der Waals surface area (Å²) in [6.45, 7) is 4.00. The molecule has 0 radical (unpaired) electrons. The summed E-state index contributed by atoms with van der Waals surface area (Å²) in [6, 6.07) is 26.7. The summed E-state index contributed by atoms with van der Waals surface area (Å²) in [6.07, 6.45) is 11.4. The van der Waals surface area contributed by atoms with Gasteiger partial charge in [0.2, 0.25) is 18.5 Å². The summed E-state index contributed by atoms with van der Waals surface area (Å²) >= 11 is 0. The average Bonchev–Trinajstić information content (AvgIpc) is 3.51. The highest BCUT2D eigenvalue weighted by Crippen LogP contribution is 2.62. The average molecular weight is 1070 g/mol. The Balaban J connectivity index is 1.24. The molecule has 1 amide bonds. The first-order valence-electron chi connectivity index (χ1n) is 25.8. The predicted octanol–water partition coefficient (Wildman–Crippen LogP) is 10.4. The third-order valence-electron chi connectivity index (χ3n) is 14.7. The smallest absolute Gasteiger partial charge is 0.269 e. The molecule has 2 aliphatic heterocycles. The number of carbonyl (C=O) groups is 2. The van der Waals surface area contributed by atoms with Gasteiger partial charge in [0.25, 0.3) is 11.4 Å². The highest BCUT2D eigenvalue weighted by Gasteiger charge is 2.65. The largest absolute Gasteiger partial charge is 0.496 e. The lowest BCUT2D eigenvalue weighted by molar-refractivity contribution is -0.385. The van der Waals surface area contributed by atoms with Crippen molar-refractivity contribution in [2.24, 2.45) is 22.9 Å². The molecular formula is C59H60N4O15. The van der Waals surface area contributed by atoms with Crippen LogP contribution in [0.3, 0.4) is 0 Å². The minimum atomic E-state index is -1.68. The molecule has 5 aromatic rings. The van der Waals surface area contributed by atoms with Crippen molar-refractivity contribution >= 4 is 35.4 Å². The molecule has 5 aromatic carbocycles. The first kappa shape index (κ1) is 54.4. The summed E-state index contributed by atoms with van der Waals surface area (Å²) in [4.78, 5) is 57.6. The van der Waals surface area contributed by atoms with Gasteiger partial charge in [-0.25, -0.2) is 0 Å². The highest BCUT2D eigenvalue weighted by molar-refractivity contribution is 6.03. The second kappa shape index (κ2) is 24.7. The van der Waals surface area contributed by atoms with Crippen molar-refractivity contribution in [1.82, 2.24) is 4.90 Å². The zero-order chi connectivity index (χ0) is 54.8. The van der Waals surface area contributed by atoms with E-state index in [0.717, 1.165) is 11.1 Å². The van der Waals surface area contributed by atoms with Crippen LogP contribution in [0.5, 0.6) is 34.5 Å². The lowest BCUT2D eigenvalue weighted by Crippen LogP contribution is -2.70. The topological polar surface area (TPSA) is 241 Å². The summed E-state index contributed by atoms with van der Waals surface area (Å²) in [5, 5.41) is 48.2. The number of nitrogens with zero attached hydrogens (tertiary/aromatic N) is 4. The summed E-state index contributed by atoms with van der Waals surface area (Å²) in [7, 11) is 1.48. The maximum Gasteiger partial charge on any atom is 0.269 e. The number of aliphatic hydroxyl groups excluding tert-OH is 2. The molecule has 78 heavy (non-hydrogen) atoms. The fourth-order valence-electron chi connectivity index (χ4n) is 11.2. The Morgan fingerprint density at radius 2 is 1.53 bits per heavy atom. The molecule has 0 bridgehead atoms. The molecule has 2 heterocycles. The number of fused-ring (bicyclic) bond motifs is 3. The molecule has 0 saturated heterocycles. The molecular weight excluding hydrogens is 1000 g/mol. The molecule has 0 spiro atoms. The molecule has 0 aromatic heterocycles. The number of non-ortho nitro benzene ring substituents is 2. The van der Waals surface area contributed by atoms with Crippen LogP contribution >= 0.6 is 0 Å². The van der Waals surface area contributed by atoms with E-state index in [1.54, 1.807) is 71.6 Å². The molecule has 2 aliphatic carbocycles. The molecule has 406 valence electrons. The van der Waals surface area contributed by atoms with E-state index in [2.05, 4.69) is 12.7 Å². The van der Waals surface area contributed by atoms with E-state index < -0.39 is 39.4 Å². The van der Waals surface area contributed by atoms with Gasteiger partial charge in [-0.15, -0.1) is 6.58 Å². The Bertz CT molecular complexity index is 3100. The van der Waals surface area contributed by atoms with Crippen molar-refractivity contribution in [1.29, 1.82) is 0 Å². The molecule has 4 aliphatic rings. The van der Waals surface area contributed by atoms with Gasteiger partial charge >= 0.3 is 0 Å². The number of carbonyl (C=O) groups excluding carboxylic acids is 2. The number of nitro benzene ring substituents is 2. The first-order chi connectivity index (χ1) is 38.0. The summed E-state index contributed by atoms with van der Waals surface area (Å²) in [5.41, 5.74) is 4.00. The van der Waals surface area contributed by atoms with Gasteiger partial charge in [0.15, 0.2) is 17.8 Å². The SMILES string of the molecule is C=CCOC12Oc3ccc(Oc4ccc(OC)c(C=O)c4)cc3C3C(CCCCO)C(CCCCO)C=C(C(=NOCc4ccc([N+](=O)[O-])cc4)CC1N(Cc1ccc4c(c1)OCO4)C(=O)C=Cc1ccc([N+](=O)[O-])cc1)C32. The highest BCUT2D eigenvalue weighted by atomic mass is 16.7. The predicted molar refractivity (Wildman–Crippen MR) is 287 cm³/mol. The number of oxime groups is 1. The Morgan fingerprint density at radius 3 is 2.23 bits per heavy atom. The van der Waals surface area contributed by atoms with Crippen LogP contribution in [0.25, 0.3) is 6.08 Å². The first-order valence-corrected chi connectivity index (χ1v) is 25.8. The lowest BCUT2D eigenvalue weighted by Gasteiger charge is -2.60. The number of rotatable bonds is 25. The third-order valence-corrected chi connectivity index (χ3v) is 14.7. The number of methoxy groups -OCH3 is 1. The monoisotopic (exact) mass is 1060 g/mol. The van der Waals surface area contributed by atoms with E-state index in [1.807, 2.05) is 24.3 Å². The molecule has 6 unspecified atom stereocenters. The standard InChI is InChI=1S/C59H60N4O15/c1-3-28-75-59-55(61(34-40-14-22-53-54(29-40)74-37-73-53)56(67)25-15-38-10-16-43(17-11-38)62(68)69)33-50(60-76-36-39-12-18-44(19-13-39)63(70)71)48-31-41(8-4-6-26-64)47(9-5-7-27-65)57(58(48)59)49-32-46(21-24-52(49)78-59)77-45-20-23-51(72-2)42(30-45)35-66/h3,10-25,29-32,35,41,47,55,57-58,64-65H,1,4-9,26-28,33-34,36-37H2,2H3. The van der Waals surface area contributed by atoms with Crippen LogP contribution in [-0.4, -0.2) is 88.4 Å². The summed E-state index contributed by atoms with van der Waals surface area (Å²) < 4.78 is 38.0. The van der Waals surface area contributed by atoms with Crippen LogP contribution in [0.2, 0.25) is 0 Å². The number of aliphatic hydroxyl groups is 2. The van der Waals surface area contributed by atoms with Crippen LogP contribution in [0, 0.1) is 38.0 Å². The number of nitro groups is 2. The van der Waals surface area contributed by atoms with Crippen LogP contribution in [-0.2, 0) is 27.5 Å². The minimum Gasteiger partial charge on any atom is -0.496 e. The number of amides is 1. The van der Waals surface area contributed by atoms with Crippen molar-refractivity contribution < 1.29 is 62.9 Å². The van der Waals surface area contributed by atoms with Crippen LogP contribution in [0.4, 0.5) is 11.4 Å². The van der Waals surface area contributed by atoms with E-state index >= 15 is 4.79 Å². The van der Waals surface area contributed by atoms with E-state index in [1.165, 1.54) is 37.5 Å². The zero-order valence-electron chi connectivity index (χ0n) is 43.0. The normalized spacial score (nSPS) is 21.1. The fraction of sp³-hybridized carbons (Fsp3) is 0.339. The van der Waals surface area contributed by atoms with Gasteiger partial charge in [0, 0.05) is 68.0 Å². The molecule has 1 fully saturated rings. The molecule has 1 saturated carbocycles. The van der Waals surface area contributed by atoms with Gasteiger partial charge < -0.3 is 48.4 Å². The third kappa shape index (κ3) is 11.8. The zero-order valence-corrected chi connectivity index (χ0v) is 43.0. The summed E-state index contributed by atoms with van der Waals surface area (Å²) in [5.74, 6) is -0.809. The van der Waals surface area contributed by atoms with Gasteiger partial charge in [-0.05, 0) is 139 Å². The lowest BCUT2D eigenvalue weighted by atomic mass is 9.55. The molecule has 19 nitrogen and oxygen atoms in total. The maximum atomic E-state index is 15.5. The van der Waals surface area contributed by atoms with Crippen LogP contribution in [0.1, 0.15) is 83.5 Å². The van der Waals surface area contributed by atoms with E-state index in [0.29, 0.717) is 107 Å². The fourth-order valence-corrected chi connectivity index (χ4v) is 11.2. The number of aldehydes is 1. The van der Waals surface area contributed by atoms with Gasteiger partial charge in [0.05, 0.1) is 40.8 Å². The number of benzene rings is 5. The molecule has 9 rings (SSSR count). The van der Waals surface area contributed by atoms with Gasteiger partial charge in [0.1, 0.15) is 35.6 Å². The van der Waals surface area contributed by atoms with E-state index in [4.69, 9.17) is 38.4 Å². The Kier molecular flexibility index (Phi) is 17.2. The number of allylic oxidation sites excluding steroid dienone is 1. The van der Waals surface area contributed by atoms with E-state index in [9.17, 15) is 35.2 Å². The van der Waals surface area contributed by atoms with Crippen molar-refractivity contribution in [3.8, 4) is 34.5 Å². The number of unbranched alkanes of at least 4 members (excludes halogenated alkanes) is 2. The minimum absolute atomic E-state index is 0.00530. The van der Waals surface area contributed by atoms with Crippen molar-refractivity contribution in [2.45, 2.75) is 75.8 Å². The number of ether oxygens (including phenoxy) is 6. The van der Waals surface area contributed by atoms with Gasteiger partial charge in [-0.3, -0.25) is 29.8 Å². The molecule has 19 heteroatoms. The van der Waals surface area contributed by atoms with Crippen molar-refractivity contribution in [3.63, 3.8) is 0 Å². The molecule has 6 atom stereocenters. The molecule has 2 N–H and O–H groups in total. The second-order valence-electron chi connectivity index (χ2n) is 19.4.